The van der Waals surface area contributed by atoms with E-state index in [-0.39, 0.29) is 18.9 Å². The van der Waals surface area contributed by atoms with Gasteiger partial charge in [0.2, 0.25) is 0 Å². The second-order valence-corrected chi connectivity index (χ2v) is 3.42. The maximum absolute atomic E-state index is 11.9. The molecule has 4 heteroatoms. The van der Waals surface area contributed by atoms with E-state index in [0.29, 0.717) is 5.56 Å². The summed E-state index contributed by atoms with van der Waals surface area (Å²) >= 11 is 0. The number of benzene rings is 1. The molecular formula is C11H16N2O2. The van der Waals surface area contributed by atoms with Crippen molar-refractivity contribution in [2.75, 3.05) is 13.2 Å². The van der Waals surface area contributed by atoms with Crippen LogP contribution in [0.3, 0.4) is 0 Å². The van der Waals surface area contributed by atoms with Crippen molar-refractivity contribution in [3.63, 3.8) is 0 Å². The molecule has 5 N–H and O–H groups in total. The van der Waals surface area contributed by atoms with E-state index in [1.807, 2.05) is 6.07 Å². The molecule has 0 saturated carbocycles. The summed E-state index contributed by atoms with van der Waals surface area (Å²) in [5, 5.41) is 9.10. The van der Waals surface area contributed by atoms with Crippen LogP contribution in [0.25, 0.3) is 0 Å². The number of carbonyl (C=O) groups excluding carboxylic acids is 1. The third-order valence-electron chi connectivity index (χ3n) is 2.38. The van der Waals surface area contributed by atoms with Crippen molar-refractivity contribution in [3.05, 3.63) is 35.9 Å². The van der Waals surface area contributed by atoms with Crippen LogP contribution in [0.1, 0.15) is 10.4 Å². The summed E-state index contributed by atoms with van der Waals surface area (Å²) in [6.45, 7) is -0.0874. The Morgan fingerprint density at radius 1 is 1.33 bits per heavy atom. The second-order valence-electron chi connectivity index (χ2n) is 3.42. The number of aliphatic hydroxyl groups is 1. The standard InChI is InChI=1S/C11H16N2O2/c12-6-10(13)9(7-14)11(15)8-4-2-1-3-5-8/h1-5,9-10,14H,6-7,12-13H2. The second kappa shape index (κ2) is 5.60. The van der Waals surface area contributed by atoms with E-state index >= 15 is 0 Å². The highest BCUT2D eigenvalue weighted by Gasteiger charge is 2.24. The van der Waals surface area contributed by atoms with Gasteiger partial charge in [-0.3, -0.25) is 4.79 Å². The van der Waals surface area contributed by atoms with Gasteiger partial charge in [-0.15, -0.1) is 0 Å². The third kappa shape index (κ3) is 2.86. The maximum atomic E-state index is 11.9. The van der Waals surface area contributed by atoms with Gasteiger partial charge < -0.3 is 16.6 Å². The number of ketones is 1. The monoisotopic (exact) mass is 208 g/mol. The van der Waals surface area contributed by atoms with Crippen LogP contribution in [-0.4, -0.2) is 30.1 Å². The Bertz CT molecular complexity index is 314. The number of Topliss-reactive ketones (excluding diaryl/α,β-unsaturated/α-hetero) is 1. The molecule has 1 aromatic carbocycles. The molecule has 0 radical (unpaired) electrons. The van der Waals surface area contributed by atoms with Gasteiger partial charge in [-0.05, 0) is 0 Å². The number of carbonyl (C=O) groups is 1. The van der Waals surface area contributed by atoms with E-state index in [0.717, 1.165) is 0 Å². The molecule has 0 saturated heterocycles. The summed E-state index contributed by atoms with van der Waals surface area (Å²) in [4.78, 5) is 11.9. The van der Waals surface area contributed by atoms with Gasteiger partial charge in [-0.1, -0.05) is 30.3 Å². The SMILES string of the molecule is NCC(N)C(CO)C(=O)c1ccccc1. The Morgan fingerprint density at radius 2 is 1.93 bits per heavy atom. The van der Waals surface area contributed by atoms with E-state index < -0.39 is 12.0 Å². The fourth-order valence-electron chi connectivity index (χ4n) is 1.39. The molecule has 15 heavy (non-hydrogen) atoms. The number of nitrogens with two attached hydrogens (primary N) is 2. The highest BCUT2D eigenvalue weighted by Crippen LogP contribution is 2.10. The molecule has 2 atom stereocenters. The van der Waals surface area contributed by atoms with Crippen molar-refractivity contribution < 1.29 is 9.90 Å². The minimum absolute atomic E-state index is 0.156. The van der Waals surface area contributed by atoms with E-state index in [9.17, 15) is 4.79 Å². The van der Waals surface area contributed by atoms with E-state index in [1.54, 1.807) is 24.3 Å². The Balaban J connectivity index is 2.83. The average Bonchev–Trinajstić information content (AvgIpc) is 2.30. The zero-order chi connectivity index (χ0) is 11.3. The van der Waals surface area contributed by atoms with Crippen LogP contribution < -0.4 is 11.5 Å². The van der Waals surface area contributed by atoms with Crippen LogP contribution in [0.2, 0.25) is 0 Å². The predicted molar refractivity (Wildman–Crippen MR) is 58.4 cm³/mol. The van der Waals surface area contributed by atoms with E-state index in [1.165, 1.54) is 0 Å². The van der Waals surface area contributed by atoms with Crippen LogP contribution in [0.5, 0.6) is 0 Å². The van der Waals surface area contributed by atoms with Crippen molar-refractivity contribution >= 4 is 5.78 Å². The van der Waals surface area contributed by atoms with E-state index in [4.69, 9.17) is 16.6 Å². The molecular weight excluding hydrogens is 192 g/mol. The molecule has 1 aromatic rings. The number of hydrogen-bond acceptors (Lipinski definition) is 4. The van der Waals surface area contributed by atoms with Crippen molar-refractivity contribution in [2.24, 2.45) is 17.4 Å². The van der Waals surface area contributed by atoms with Crippen molar-refractivity contribution in [2.45, 2.75) is 6.04 Å². The van der Waals surface area contributed by atoms with Gasteiger partial charge in [0.15, 0.2) is 5.78 Å². The molecule has 2 unspecified atom stereocenters. The first-order valence-electron chi connectivity index (χ1n) is 4.86. The van der Waals surface area contributed by atoms with Gasteiger partial charge in [0, 0.05) is 18.2 Å². The van der Waals surface area contributed by atoms with Crippen molar-refractivity contribution in [1.82, 2.24) is 0 Å². The quantitative estimate of drug-likeness (QED) is 0.583. The summed E-state index contributed by atoms with van der Waals surface area (Å²) < 4.78 is 0. The minimum Gasteiger partial charge on any atom is -0.396 e. The van der Waals surface area contributed by atoms with E-state index in [2.05, 4.69) is 0 Å². The lowest BCUT2D eigenvalue weighted by Crippen LogP contribution is -2.43. The molecule has 0 fully saturated rings. The molecule has 0 aliphatic rings. The first-order chi connectivity index (χ1) is 7.20. The van der Waals surface area contributed by atoms with Crippen LogP contribution in [0.15, 0.2) is 30.3 Å². The number of hydrogen-bond donors (Lipinski definition) is 3. The van der Waals surface area contributed by atoms with Gasteiger partial charge in [-0.25, -0.2) is 0 Å². The summed E-state index contributed by atoms with van der Waals surface area (Å²) in [7, 11) is 0. The van der Waals surface area contributed by atoms with Crippen LogP contribution in [0, 0.1) is 5.92 Å². The van der Waals surface area contributed by atoms with Gasteiger partial charge in [-0.2, -0.15) is 0 Å². The summed E-state index contributed by atoms with van der Waals surface area (Å²) in [6, 6.07) is 8.28. The Hall–Kier alpha value is -1.23. The van der Waals surface area contributed by atoms with Crippen LogP contribution in [0.4, 0.5) is 0 Å². The Labute approximate surface area is 88.9 Å². The average molecular weight is 208 g/mol. The Kier molecular flexibility index (Phi) is 4.42. The summed E-state index contributed by atoms with van der Waals surface area (Å²) in [6.07, 6.45) is 0. The molecule has 0 amide bonds. The number of rotatable bonds is 5. The van der Waals surface area contributed by atoms with Gasteiger partial charge in [0.1, 0.15) is 0 Å². The first-order valence-corrected chi connectivity index (χ1v) is 4.86. The van der Waals surface area contributed by atoms with Gasteiger partial charge in [0.05, 0.1) is 12.5 Å². The molecule has 0 aliphatic carbocycles. The Morgan fingerprint density at radius 3 is 2.40 bits per heavy atom. The molecule has 4 nitrogen and oxygen atoms in total. The molecule has 1 rings (SSSR count). The maximum Gasteiger partial charge on any atom is 0.169 e. The molecule has 0 spiro atoms. The largest absolute Gasteiger partial charge is 0.396 e. The fraction of sp³-hybridized carbons (Fsp3) is 0.364. The molecule has 0 aromatic heterocycles. The van der Waals surface area contributed by atoms with Crippen LogP contribution >= 0.6 is 0 Å². The molecule has 0 bridgehead atoms. The van der Waals surface area contributed by atoms with Gasteiger partial charge in [0.25, 0.3) is 0 Å². The lowest BCUT2D eigenvalue weighted by Gasteiger charge is -2.18. The smallest absolute Gasteiger partial charge is 0.169 e. The summed E-state index contributed by atoms with van der Waals surface area (Å²) in [5.41, 5.74) is 11.6. The first kappa shape index (κ1) is 11.8. The normalized spacial score (nSPS) is 14.6. The summed E-state index contributed by atoms with van der Waals surface area (Å²) in [5.74, 6) is -0.770. The lowest BCUT2D eigenvalue weighted by molar-refractivity contribution is 0.0834. The lowest BCUT2D eigenvalue weighted by atomic mass is 9.92. The third-order valence-corrected chi connectivity index (χ3v) is 2.38. The van der Waals surface area contributed by atoms with Crippen LogP contribution in [-0.2, 0) is 0 Å². The van der Waals surface area contributed by atoms with Crippen molar-refractivity contribution in [3.8, 4) is 0 Å². The molecule has 0 heterocycles. The zero-order valence-electron chi connectivity index (χ0n) is 8.47. The molecule has 0 aliphatic heterocycles. The minimum atomic E-state index is -0.614. The zero-order valence-corrected chi connectivity index (χ0v) is 8.47. The molecule has 82 valence electrons. The fourth-order valence-corrected chi connectivity index (χ4v) is 1.39. The van der Waals surface area contributed by atoms with Crippen molar-refractivity contribution in [1.29, 1.82) is 0 Å². The topological polar surface area (TPSA) is 89.3 Å². The number of aliphatic hydroxyl groups excluding tert-OH is 1. The highest BCUT2D eigenvalue weighted by molar-refractivity contribution is 5.98. The van der Waals surface area contributed by atoms with Gasteiger partial charge >= 0.3 is 0 Å². The highest BCUT2D eigenvalue weighted by atomic mass is 16.3. The predicted octanol–water partition coefficient (Wildman–Crippen LogP) is -0.236.